The molecule has 0 aromatic carbocycles. The number of hydrogen-bond donors (Lipinski definition) is 1. The van der Waals surface area contributed by atoms with Gasteiger partial charge in [0, 0.05) is 36.6 Å². The molecule has 1 N–H and O–H groups in total. The number of hydrogen-bond acceptors (Lipinski definition) is 4. The van der Waals surface area contributed by atoms with Crippen molar-refractivity contribution in [2.24, 2.45) is 0 Å². The van der Waals surface area contributed by atoms with Crippen molar-refractivity contribution >= 4 is 5.65 Å². The molecule has 0 radical (unpaired) electrons. The monoisotopic (exact) mass is 279 g/mol. The molecule has 0 amide bonds. The predicted octanol–water partition coefficient (Wildman–Crippen LogP) is 2.26. The normalized spacial score (nSPS) is 19.0. The average Bonchev–Trinajstić information content (AvgIpc) is 2.99. The lowest BCUT2D eigenvalue weighted by Crippen LogP contribution is -2.28. The Labute approximate surface area is 123 Å². The smallest absolute Gasteiger partial charge is 0.156 e. The molecule has 5 nitrogen and oxygen atoms in total. The van der Waals surface area contributed by atoms with Crippen LogP contribution in [-0.2, 0) is 0 Å². The van der Waals surface area contributed by atoms with Crippen molar-refractivity contribution in [2.45, 2.75) is 18.8 Å². The fraction of sp³-hybridized carbons (Fsp3) is 0.312. The quantitative estimate of drug-likeness (QED) is 0.782. The first kappa shape index (κ1) is 12.5. The summed E-state index contributed by atoms with van der Waals surface area (Å²) in [5, 5.41) is 8.09. The van der Waals surface area contributed by atoms with E-state index in [-0.39, 0.29) is 0 Å². The van der Waals surface area contributed by atoms with Gasteiger partial charge in [0.2, 0.25) is 0 Å². The molecule has 0 bridgehead atoms. The zero-order valence-corrected chi connectivity index (χ0v) is 11.7. The van der Waals surface area contributed by atoms with Gasteiger partial charge in [-0.15, -0.1) is 0 Å². The van der Waals surface area contributed by atoms with E-state index in [1.54, 1.807) is 12.4 Å². The number of fused-ring (bicyclic) bond motifs is 1. The molecule has 1 aliphatic rings. The molecule has 1 aliphatic heterocycles. The lowest BCUT2D eigenvalue weighted by atomic mass is 9.99. The Hall–Kier alpha value is -2.27. The summed E-state index contributed by atoms with van der Waals surface area (Å²) in [6, 6.07) is 8.12. The van der Waals surface area contributed by atoms with Gasteiger partial charge in [-0.1, -0.05) is 0 Å². The number of nitrogens with zero attached hydrogens (tertiary/aromatic N) is 4. The van der Waals surface area contributed by atoms with Crippen molar-refractivity contribution in [3.8, 4) is 11.1 Å². The van der Waals surface area contributed by atoms with Gasteiger partial charge in [0.1, 0.15) is 0 Å². The maximum atomic E-state index is 4.67. The Balaban J connectivity index is 1.71. The zero-order valence-electron chi connectivity index (χ0n) is 11.7. The highest BCUT2D eigenvalue weighted by Crippen LogP contribution is 2.23. The fourth-order valence-electron chi connectivity index (χ4n) is 2.86. The van der Waals surface area contributed by atoms with Crippen molar-refractivity contribution in [3.63, 3.8) is 0 Å². The second-order valence-corrected chi connectivity index (χ2v) is 5.47. The third kappa shape index (κ3) is 2.40. The van der Waals surface area contributed by atoms with Gasteiger partial charge >= 0.3 is 0 Å². The Kier molecular flexibility index (Phi) is 3.12. The molecule has 3 aromatic rings. The van der Waals surface area contributed by atoms with Gasteiger partial charge in [0.15, 0.2) is 11.5 Å². The van der Waals surface area contributed by atoms with Crippen LogP contribution in [0.1, 0.15) is 24.6 Å². The molecule has 0 saturated carbocycles. The highest BCUT2D eigenvalue weighted by Gasteiger charge is 2.19. The molecule has 1 fully saturated rings. The molecule has 0 spiro atoms. The highest BCUT2D eigenvalue weighted by atomic mass is 15.3. The second-order valence-electron chi connectivity index (χ2n) is 5.47. The number of pyridine rings is 2. The Morgan fingerprint density at radius 3 is 2.81 bits per heavy atom. The molecule has 4 heterocycles. The number of aromatic nitrogens is 4. The molecule has 1 saturated heterocycles. The van der Waals surface area contributed by atoms with Crippen LogP contribution >= 0.6 is 0 Å². The zero-order chi connectivity index (χ0) is 14.1. The van der Waals surface area contributed by atoms with E-state index in [0.29, 0.717) is 5.92 Å². The molecule has 106 valence electrons. The third-order valence-electron chi connectivity index (χ3n) is 4.02. The third-order valence-corrected chi connectivity index (χ3v) is 4.02. The van der Waals surface area contributed by atoms with Gasteiger partial charge in [-0.25, -0.2) is 9.50 Å². The molecular formula is C16H17N5. The first-order valence-corrected chi connectivity index (χ1v) is 7.37. The first-order valence-electron chi connectivity index (χ1n) is 7.37. The van der Waals surface area contributed by atoms with E-state index < -0.39 is 0 Å². The summed E-state index contributed by atoms with van der Waals surface area (Å²) in [6.45, 7) is 2.09. The second kappa shape index (κ2) is 5.26. The topological polar surface area (TPSA) is 55.1 Å². The summed E-state index contributed by atoms with van der Waals surface area (Å²) in [4.78, 5) is 8.73. The maximum absolute atomic E-state index is 4.67. The molecule has 5 heteroatoms. The Morgan fingerprint density at radius 1 is 1.10 bits per heavy atom. The largest absolute Gasteiger partial charge is 0.316 e. The van der Waals surface area contributed by atoms with Crippen LogP contribution in [0.25, 0.3) is 16.8 Å². The van der Waals surface area contributed by atoms with E-state index in [2.05, 4.69) is 26.4 Å². The van der Waals surface area contributed by atoms with Crippen molar-refractivity contribution < 1.29 is 0 Å². The molecular weight excluding hydrogens is 262 g/mol. The first-order chi connectivity index (χ1) is 10.4. The van der Waals surface area contributed by atoms with Gasteiger partial charge in [0.05, 0.1) is 0 Å². The predicted molar refractivity (Wildman–Crippen MR) is 81.1 cm³/mol. The van der Waals surface area contributed by atoms with Crippen LogP contribution in [0.15, 0.2) is 42.9 Å². The van der Waals surface area contributed by atoms with Crippen molar-refractivity contribution in [2.75, 3.05) is 13.1 Å². The molecule has 21 heavy (non-hydrogen) atoms. The van der Waals surface area contributed by atoms with E-state index in [0.717, 1.165) is 35.7 Å². The van der Waals surface area contributed by atoms with Crippen molar-refractivity contribution in [1.29, 1.82) is 0 Å². The summed E-state index contributed by atoms with van der Waals surface area (Å²) in [6.07, 6.45) is 8.01. The minimum absolute atomic E-state index is 0.433. The lowest BCUT2D eigenvalue weighted by Gasteiger charge is -2.19. The van der Waals surface area contributed by atoms with E-state index in [4.69, 9.17) is 0 Å². The molecule has 0 aliphatic carbocycles. The minimum Gasteiger partial charge on any atom is -0.316 e. The maximum Gasteiger partial charge on any atom is 0.156 e. The summed E-state index contributed by atoms with van der Waals surface area (Å²) < 4.78 is 1.89. The van der Waals surface area contributed by atoms with Gasteiger partial charge in [-0.2, -0.15) is 5.10 Å². The van der Waals surface area contributed by atoms with Crippen LogP contribution < -0.4 is 5.32 Å². The van der Waals surface area contributed by atoms with Gasteiger partial charge in [-0.3, -0.25) is 4.98 Å². The highest BCUT2D eigenvalue weighted by molar-refractivity contribution is 5.63. The lowest BCUT2D eigenvalue weighted by molar-refractivity contribution is 0.447. The molecule has 1 unspecified atom stereocenters. The van der Waals surface area contributed by atoms with Crippen LogP contribution in [0.3, 0.4) is 0 Å². The van der Waals surface area contributed by atoms with Crippen LogP contribution in [0.4, 0.5) is 0 Å². The minimum atomic E-state index is 0.433. The average molecular weight is 279 g/mol. The van der Waals surface area contributed by atoms with E-state index in [9.17, 15) is 0 Å². The van der Waals surface area contributed by atoms with E-state index in [1.807, 2.05) is 28.9 Å². The Morgan fingerprint density at radius 2 is 2.00 bits per heavy atom. The summed E-state index contributed by atoms with van der Waals surface area (Å²) in [7, 11) is 0. The van der Waals surface area contributed by atoms with Gasteiger partial charge in [-0.05, 0) is 49.2 Å². The summed E-state index contributed by atoms with van der Waals surface area (Å²) >= 11 is 0. The molecule has 3 aromatic heterocycles. The van der Waals surface area contributed by atoms with Crippen molar-refractivity contribution in [1.82, 2.24) is 24.9 Å². The standard InChI is InChI=1S/C16H17N5/c1-2-13(10-18-7-1)16-19-15-4-3-14(11-21(15)20-16)12-5-8-17-9-6-12/h3-6,8-9,11,13,18H,1-2,7,10H2. The van der Waals surface area contributed by atoms with Crippen LogP contribution in [-0.4, -0.2) is 32.7 Å². The van der Waals surface area contributed by atoms with Gasteiger partial charge in [0.25, 0.3) is 0 Å². The SMILES string of the molecule is c1cc(-c2ccc3nc(C4CCCNC4)nn3c2)ccn1. The van der Waals surface area contributed by atoms with Crippen molar-refractivity contribution in [3.05, 3.63) is 48.7 Å². The van der Waals surface area contributed by atoms with Crippen LogP contribution in [0.5, 0.6) is 0 Å². The number of piperidine rings is 1. The Bertz CT molecular complexity index is 744. The fourth-order valence-corrected chi connectivity index (χ4v) is 2.86. The van der Waals surface area contributed by atoms with E-state index >= 15 is 0 Å². The summed E-state index contributed by atoms with van der Waals surface area (Å²) in [5.74, 6) is 1.39. The molecule has 1 atom stereocenters. The van der Waals surface area contributed by atoms with Gasteiger partial charge < -0.3 is 5.32 Å². The van der Waals surface area contributed by atoms with Crippen LogP contribution in [0, 0.1) is 0 Å². The van der Waals surface area contributed by atoms with Crippen LogP contribution in [0.2, 0.25) is 0 Å². The van der Waals surface area contributed by atoms with E-state index in [1.165, 1.54) is 12.8 Å². The molecule has 4 rings (SSSR count). The number of nitrogens with one attached hydrogen (secondary N) is 1. The summed E-state index contributed by atoms with van der Waals surface area (Å²) in [5.41, 5.74) is 3.18. The number of rotatable bonds is 2.